The predicted octanol–water partition coefficient (Wildman–Crippen LogP) is 5.60. The van der Waals surface area contributed by atoms with Crippen LogP contribution in [-0.2, 0) is 21.9 Å². The number of hydrogen-bond acceptors (Lipinski definition) is 3. The van der Waals surface area contributed by atoms with Crippen molar-refractivity contribution in [2.75, 3.05) is 12.3 Å². The molecule has 32 heavy (non-hydrogen) atoms. The highest BCUT2D eigenvalue weighted by Crippen LogP contribution is 2.25. The van der Waals surface area contributed by atoms with E-state index in [-0.39, 0.29) is 29.1 Å². The number of halogens is 2. The third-order valence-corrected chi connectivity index (χ3v) is 6.50. The Morgan fingerprint density at radius 1 is 1.16 bits per heavy atom. The highest BCUT2D eigenvalue weighted by atomic mass is 35.5. The summed E-state index contributed by atoms with van der Waals surface area (Å²) in [7, 11) is 0. The van der Waals surface area contributed by atoms with Gasteiger partial charge in [0.2, 0.25) is 11.8 Å². The summed E-state index contributed by atoms with van der Waals surface area (Å²) < 4.78 is 14.1. The van der Waals surface area contributed by atoms with Crippen LogP contribution in [0.3, 0.4) is 0 Å². The molecule has 0 fully saturated rings. The first-order valence-electron chi connectivity index (χ1n) is 10.9. The monoisotopic (exact) mass is 478 g/mol. The van der Waals surface area contributed by atoms with Crippen molar-refractivity contribution in [3.05, 3.63) is 70.0 Å². The van der Waals surface area contributed by atoms with Gasteiger partial charge in [-0.25, -0.2) is 4.39 Å². The van der Waals surface area contributed by atoms with Crippen molar-refractivity contribution in [2.45, 2.75) is 52.5 Å². The summed E-state index contributed by atoms with van der Waals surface area (Å²) in [6.07, 6.45) is 0.505. The van der Waals surface area contributed by atoms with E-state index in [2.05, 4.69) is 5.32 Å². The van der Waals surface area contributed by atoms with Gasteiger partial charge in [-0.15, -0.1) is 11.8 Å². The SMILES string of the molecule is CC[C@@H](C(=O)NCC(C)C)N(Cc1ccccc1C)C(=O)CSCc1c(F)cccc1Cl. The second-order valence-corrected chi connectivity index (χ2v) is 9.60. The molecule has 0 spiro atoms. The van der Waals surface area contributed by atoms with E-state index in [1.807, 2.05) is 52.0 Å². The van der Waals surface area contributed by atoms with Gasteiger partial charge in [0.1, 0.15) is 11.9 Å². The van der Waals surface area contributed by atoms with Crippen molar-refractivity contribution in [1.82, 2.24) is 10.2 Å². The van der Waals surface area contributed by atoms with Crippen molar-refractivity contribution >= 4 is 35.2 Å². The summed E-state index contributed by atoms with van der Waals surface area (Å²) in [6, 6.07) is 11.8. The summed E-state index contributed by atoms with van der Waals surface area (Å²) >= 11 is 7.40. The summed E-state index contributed by atoms with van der Waals surface area (Å²) in [5.41, 5.74) is 2.45. The van der Waals surface area contributed by atoms with Gasteiger partial charge in [0, 0.05) is 29.4 Å². The van der Waals surface area contributed by atoms with E-state index in [0.29, 0.717) is 36.0 Å². The largest absolute Gasteiger partial charge is 0.354 e. The number of amides is 2. The molecule has 0 radical (unpaired) electrons. The van der Waals surface area contributed by atoms with Crippen molar-refractivity contribution in [1.29, 1.82) is 0 Å². The highest BCUT2D eigenvalue weighted by molar-refractivity contribution is 7.99. The first kappa shape index (κ1) is 26.2. The molecule has 0 saturated carbocycles. The second-order valence-electron chi connectivity index (χ2n) is 8.20. The lowest BCUT2D eigenvalue weighted by Gasteiger charge is -2.31. The number of nitrogens with one attached hydrogen (secondary N) is 1. The maximum absolute atomic E-state index is 14.1. The number of aryl methyl sites for hydroxylation is 1. The van der Waals surface area contributed by atoms with E-state index < -0.39 is 6.04 Å². The van der Waals surface area contributed by atoms with E-state index in [4.69, 9.17) is 11.6 Å². The zero-order chi connectivity index (χ0) is 23.7. The lowest BCUT2D eigenvalue weighted by atomic mass is 10.1. The molecule has 2 rings (SSSR count). The van der Waals surface area contributed by atoms with E-state index in [1.165, 1.54) is 17.8 Å². The third-order valence-electron chi connectivity index (χ3n) is 5.21. The number of carbonyl (C=O) groups excluding carboxylic acids is 2. The molecular formula is C25H32ClFN2O2S. The second kappa shape index (κ2) is 12.9. The van der Waals surface area contributed by atoms with Gasteiger partial charge in [-0.1, -0.05) is 62.7 Å². The molecule has 2 amide bonds. The molecule has 2 aromatic carbocycles. The van der Waals surface area contributed by atoms with Crippen LogP contribution in [0.25, 0.3) is 0 Å². The van der Waals surface area contributed by atoms with Gasteiger partial charge in [-0.05, 0) is 42.5 Å². The van der Waals surface area contributed by atoms with Gasteiger partial charge in [0.05, 0.1) is 5.75 Å². The zero-order valence-corrected chi connectivity index (χ0v) is 20.7. The van der Waals surface area contributed by atoms with E-state index >= 15 is 0 Å². The summed E-state index contributed by atoms with van der Waals surface area (Å²) in [6.45, 7) is 8.86. The normalized spacial score (nSPS) is 12.0. The van der Waals surface area contributed by atoms with Crippen LogP contribution >= 0.6 is 23.4 Å². The van der Waals surface area contributed by atoms with Crippen molar-refractivity contribution in [2.24, 2.45) is 5.92 Å². The minimum Gasteiger partial charge on any atom is -0.354 e. The lowest BCUT2D eigenvalue weighted by molar-refractivity contribution is -0.139. The molecule has 174 valence electrons. The molecule has 1 N–H and O–H groups in total. The van der Waals surface area contributed by atoms with E-state index in [9.17, 15) is 14.0 Å². The van der Waals surface area contributed by atoms with E-state index in [0.717, 1.165) is 11.1 Å². The standard InChI is InChI=1S/C25H32ClFN2O2S/c1-5-23(25(31)28-13-17(2)3)29(14-19-10-7-6-9-18(19)4)24(30)16-32-15-20-21(26)11-8-12-22(20)27/h6-12,17,23H,5,13-16H2,1-4H3,(H,28,31)/t23-/m0/s1. The van der Waals surface area contributed by atoms with E-state index in [1.54, 1.807) is 17.0 Å². The highest BCUT2D eigenvalue weighted by Gasteiger charge is 2.29. The average molecular weight is 479 g/mol. The van der Waals surface area contributed by atoms with Crippen molar-refractivity contribution < 1.29 is 14.0 Å². The topological polar surface area (TPSA) is 49.4 Å². The van der Waals surface area contributed by atoms with Crippen LogP contribution in [0.4, 0.5) is 4.39 Å². The average Bonchev–Trinajstić information content (AvgIpc) is 2.75. The number of rotatable bonds is 11. The van der Waals surface area contributed by atoms with Crippen LogP contribution in [0.1, 0.15) is 43.9 Å². The minimum atomic E-state index is -0.571. The Kier molecular flexibility index (Phi) is 10.5. The maximum Gasteiger partial charge on any atom is 0.242 e. The van der Waals surface area contributed by atoms with Gasteiger partial charge in [0.15, 0.2) is 0 Å². The molecule has 0 aliphatic rings. The van der Waals surface area contributed by atoms with Crippen LogP contribution in [0, 0.1) is 18.7 Å². The third kappa shape index (κ3) is 7.52. The van der Waals surface area contributed by atoms with Gasteiger partial charge in [-0.3, -0.25) is 9.59 Å². The Morgan fingerprint density at radius 2 is 1.88 bits per heavy atom. The number of thioether (sulfide) groups is 1. The predicted molar refractivity (Wildman–Crippen MR) is 131 cm³/mol. The maximum atomic E-state index is 14.1. The Labute approximate surface area is 199 Å². The van der Waals surface area contributed by atoms with Crippen LogP contribution in [0.5, 0.6) is 0 Å². The van der Waals surface area contributed by atoms with Gasteiger partial charge in [0.25, 0.3) is 0 Å². The fraction of sp³-hybridized carbons (Fsp3) is 0.440. The lowest BCUT2D eigenvalue weighted by Crippen LogP contribution is -2.50. The summed E-state index contributed by atoms with van der Waals surface area (Å²) in [5, 5.41) is 3.31. The van der Waals surface area contributed by atoms with Gasteiger partial charge < -0.3 is 10.2 Å². The van der Waals surface area contributed by atoms with Crippen molar-refractivity contribution in [3.8, 4) is 0 Å². The van der Waals surface area contributed by atoms with Crippen LogP contribution in [-0.4, -0.2) is 35.1 Å². The molecular weight excluding hydrogens is 447 g/mol. The molecule has 0 aromatic heterocycles. The molecule has 0 bridgehead atoms. The Morgan fingerprint density at radius 3 is 2.50 bits per heavy atom. The molecule has 0 aliphatic carbocycles. The number of hydrogen-bond donors (Lipinski definition) is 1. The smallest absolute Gasteiger partial charge is 0.242 e. The first-order chi connectivity index (χ1) is 15.2. The molecule has 1 atom stereocenters. The van der Waals surface area contributed by atoms with Crippen molar-refractivity contribution in [3.63, 3.8) is 0 Å². The fourth-order valence-electron chi connectivity index (χ4n) is 3.31. The van der Waals surface area contributed by atoms with Crippen LogP contribution in [0.2, 0.25) is 5.02 Å². The van der Waals surface area contributed by atoms with Gasteiger partial charge >= 0.3 is 0 Å². The minimum absolute atomic E-state index is 0.129. The molecule has 0 saturated heterocycles. The number of carbonyl (C=O) groups is 2. The fourth-order valence-corrected chi connectivity index (χ4v) is 4.56. The molecule has 4 nitrogen and oxygen atoms in total. The summed E-state index contributed by atoms with van der Waals surface area (Å²) in [5.74, 6) is 0.0466. The summed E-state index contributed by atoms with van der Waals surface area (Å²) in [4.78, 5) is 27.8. The Balaban J connectivity index is 2.17. The molecule has 0 heterocycles. The molecule has 2 aromatic rings. The Hall–Kier alpha value is -2.05. The zero-order valence-electron chi connectivity index (χ0n) is 19.2. The Bertz CT molecular complexity index is 902. The molecule has 7 heteroatoms. The van der Waals surface area contributed by atoms with Crippen LogP contribution < -0.4 is 5.32 Å². The quantitative estimate of drug-likeness (QED) is 0.457. The first-order valence-corrected chi connectivity index (χ1v) is 12.4. The van der Waals surface area contributed by atoms with Gasteiger partial charge in [-0.2, -0.15) is 0 Å². The molecule has 0 aliphatic heterocycles. The number of benzene rings is 2. The molecule has 0 unspecified atom stereocenters. The number of nitrogens with zero attached hydrogens (tertiary/aromatic N) is 1. The van der Waals surface area contributed by atoms with Crippen LogP contribution in [0.15, 0.2) is 42.5 Å².